The van der Waals surface area contributed by atoms with E-state index in [1.54, 1.807) is 18.6 Å². The van der Waals surface area contributed by atoms with Crippen LogP contribution in [-0.4, -0.2) is 27.0 Å². The molecule has 3 aromatic rings. The summed E-state index contributed by atoms with van der Waals surface area (Å²) < 4.78 is 6.29. The Morgan fingerprint density at radius 3 is 2.79 bits per heavy atom. The summed E-state index contributed by atoms with van der Waals surface area (Å²) in [5.74, 6) is -0.0916. The zero-order chi connectivity index (χ0) is 19.7. The van der Waals surface area contributed by atoms with E-state index in [-0.39, 0.29) is 17.9 Å². The number of rotatable bonds is 4. The molecule has 6 nitrogen and oxygen atoms in total. The van der Waals surface area contributed by atoms with Gasteiger partial charge in [0.25, 0.3) is 5.91 Å². The van der Waals surface area contributed by atoms with Gasteiger partial charge in [0.2, 0.25) is 0 Å². The SMILES string of the molecule is CC1CCC(c2c(-c3cccnc3)cc(-c3nccs3)nc2C(N)=O)OC1C. The molecule has 4 heterocycles. The molecule has 7 heteroatoms. The van der Waals surface area contributed by atoms with E-state index in [0.717, 1.165) is 34.5 Å². The summed E-state index contributed by atoms with van der Waals surface area (Å²) in [5.41, 5.74) is 9.16. The third kappa shape index (κ3) is 3.55. The number of thiazole rings is 1. The predicted molar refractivity (Wildman–Crippen MR) is 109 cm³/mol. The van der Waals surface area contributed by atoms with Crippen molar-refractivity contribution in [2.45, 2.75) is 38.9 Å². The number of pyridine rings is 2. The van der Waals surface area contributed by atoms with Crippen LogP contribution in [0.25, 0.3) is 21.8 Å². The summed E-state index contributed by atoms with van der Waals surface area (Å²) in [7, 11) is 0. The number of primary amides is 1. The summed E-state index contributed by atoms with van der Waals surface area (Å²) in [6.45, 7) is 4.25. The minimum absolute atomic E-state index is 0.0971. The first-order valence-electron chi connectivity index (χ1n) is 9.35. The first-order valence-corrected chi connectivity index (χ1v) is 10.2. The van der Waals surface area contributed by atoms with Crippen molar-refractivity contribution in [3.05, 3.63) is 53.4 Å². The second kappa shape index (κ2) is 7.77. The highest BCUT2D eigenvalue weighted by Gasteiger charge is 2.32. The van der Waals surface area contributed by atoms with Gasteiger partial charge in [-0.25, -0.2) is 9.97 Å². The van der Waals surface area contributed by atoms with Gasteiger partial charge >= 0.3 is 0 Å². The first-order chi connectivity index (χ1) is 13.5. The molecule has 3 unspecified atom stereocenters. The van der Waals surface area contributed by atoms with E-state index in [1.165, 1.54) is 11.3 Å². The number of carbonyl (C=O) groups is 1. The smallest absolute Gasteiger partial charge is 0.267 e. The van der Waals surface area contributed by atoms with E-state index in [1.807, 2.05) is 23.6 Å². The van der Waals surface area contributed by atoms with Crippen LogP contribution in [0.2, 0.25) is 0 Å². The Bertz CT molecular complexity index is 976. The van der Waals surface area contributed by atoms with Gasteiger partial charge in [0.1, 0.15) is 16.4 Å². The minimum atomic E-state index is -0.562. The fourth-order valence-corrected chi connectivity index (χ4v) is 4.21. The monoisotopic (exact) mass is 394 g/mol. The van der Waals surface area contributed by atoms with Crippen molar-refractivity contribution >= 4 is 17.2 Å². The molecule has 0 aliphatic carbocycles. The van der Waals surface area contributed by atoms with Crippen LogP contribution in [-0.2, 0) is 4.74 Å². The molecule has 0 bridgehead atoms. The van der Waals surface area contributed by atoms with E-state index in [0.29, 0.717) is 11.6 Å². The fraction of sp³-hybridized carbons (Fsp3) is 0.333. The maximum atomic E-state index is 12.4. The quantitative estimate of drug-likeness (QED) is 0.714. The number of carbonyl (C=O) groups excluding carboxylic acids is 1. The standard InChI is InChI=1S/C21H22N4O2S/c1-12-5-6-17(27-13(12)2)18-15(14-4-3-7-23-11-14)10-16(21-24-8-9-28-21)25-19(18)20(22)26/h3-4,7-13,17H,5-6H2,1-2H3,(H2,22,26). The number of aromatic nitrogens is 3. The molecule has 1 saturated heterocycles. The topological polar surface area (TPSA) is 91.0 Å². The van der Waals surface area contributed by atoms with E-state index in [4.69, 9.17) is 10.5 Å². The van der Waals surface area contributed by atoms with E-state index in [2.05, 4.69) is 28.8 Å². The molecule has 1 fully saturated rings. The van der Waals surface area contributed by atoms with Gasteiger partial charge in [-0.1, -0.05) is 13.0 Å². The van der Waals surface area contributed by atoms with Crippen molar-refractivity contribution in [1.82, 2.24) is 15.0 Å². The summed E-state index contributed by atoms with van der Waals surface area (Å²) in [4.78, 5) is 25.6. The second-order valence-electron chi connectivity index (χ2n) is 7.15. The number of nitrogens with two attached hydrogens (primary N) is 1. The normalized spacial score (nSPS) is 22.1. The third-order valence-corrected chi connectivity index (χ3v) is 6.10. The van der Waals surface area contributed by atoms with Crippen molar-refractivity contribution in [3.63, 3.8) is 0 Å². The number of hydrogen-bond donors (Lipinski definition) is 1. The average molecular weight is 395 g/mol. The van der Waals surface area contributed by atoms with Gasteiger partial charge in [-0.15, -0.1) is 11.3 Å². The zero-order valence-electron chi connectivity index (χ0n) is 15.8. The molecule has 0 aromatic carbocycles. The van der Waals surface area contributed by atoms with Crippen LogP contribution in [0.1, 0.15) is 48.8 Å². The lowest BCUT2D eigenvalue weighted by Gasteiger charge is -2.34. The lowest BCUT2D eigenvalue weighted by atomic mass is 9.87. The van der Waals surface area contributed by atoms with E-state index >= 15 is 0 Å². The van der Waals surface area contributed by atoms with Crippen molar-refractivity contribution in [2.75, 3.05) is 0 Å². The third-order valence-electron chi connectivity index (χ3n) is 5.30. The minimum Gasteiger partial charge on any atom is -0.370 e. The Kier molecular flexibility index (Phi) is 5.19. The maximum Gasteiger partial charge on any atom is 0.267 e. The van der Waals surface area contributed by atoms with Crippen LogP contribution >= 0.6 is 11.3 Å². The summed E-state index contributed by atoms with van der Waals surface area (Å²) >= 11 is 1.47. The highest BCUT2D eigenvalue weighted by molar-refractivity contribution is 7.13. The van der Waals surface area contributed by atoms with E-state index < -0.39 is 5.91 Å². The molecule has 3 aromatic heterocycles. The molecule has 1 aliphatic rings. The lowest BCUT2D eigenvalue weighted by Crippen LogP contribution is -2.29. The van der Waals surface area contributed by atoms with Crippen LogP contribution in [0.3, 0.4) is 0 Å². The second-order valence-corrected chi connectivity index (χ2v) is 8.04. The highest BCUT2D eigenvalue weighted by atomic mass is 32.1. The Labute approximate surface area is 167 Å². The average Bonchev–Trinajstić information content (AvgIpc) is 3.24. The molecule has 0 spiro atoms. The maximum absolute atomic E-state index is 12.4. The first kappa shape index (κ1) is 18.7. The largest absolute Gasteiger partial charge is 0.370 e. The Morgan fingerprint density at radius 1 is 1.29 bits per heavy atom. The molecular weight excluding hydrogens is 372 g/mol. The van der Waals surface area contributed by atoms with Crippen molar-refractivity contribution in [1.29, 1.82) is 0 Å². The van der Waals surface area contributed by atoms with Crippen LogP contribution in [0, 0.1) is 5.92 Å². The number of ether oxygens (including phenoxy) is 1. The molecule has 144 valence electrons. The van der Waals surface area contributed by atoms with E-state index in [9.17, 15) is 4.79 Å². The van der Waals surface area contributed by atoms with Gasteiger partial charge in [-0.05, 0) is 43.4 Å². The Morgan fingerprint density at radius 2 is 2.14 bits per heavy atom. The highest BCUT2D eigenvalue weighted by Crippen LogP contribution is 2.41. The molecule has 1 amide bonds. The van der Waals surface area contributed by atoms with Gasteiger partial charge in [0, 0.05) is 35.1 Å². The molecule has 28 heavy (non-hydrogen) atoms. The number of nitrogens with zero attached hydrogens (tertiary/aromatic N) is 3. The van der Waals surface area contributed by atoms with Crippen molar-refractivity contribution < 1.29 is 9.53 Å². The van der Waals surface area contributed by atoms with Crippen LogP contribution in [0.15, 0.2) is 42.2 Å². The summed E-state index contributed by atoms with van der Waals surface area (Å²) in [6.07, 6.45) is 6.92. The summed E-state index contributed by atoms with van der Waals surface area (Å²) in [5, 5.41) is 2.62. The van der Waals surface area contributed by atoms with Crippen molar-refractivity contribution in [2.24, 2.45) is 11.7 Å². The van der Waals surface area contributed by atoms with Gasteiger partial charge in [0.05, 0.1) is 12.2 Å². The zero-order valence-corrected chi connectivity index (χ0v) is 16.6. The molecule has 3 atom stereocenters. The fourth-order valence-electron chi connectivity index (χ4n) is 3.61. The van der Waals surface area contributed by atoms with Crippen LogP contribution < -0.4 is 5.73 Å². The van der Waals surface area contributed by atoms with Crippen LogP contribution in [0.5, 0.6) is 0 Å². The Balaban J connectivity index is 1.93. The molecule has 4 rings (SSSR count). The summed E-state index contributed by atoms with van der Waals surface area (Å²) in [6, 6.07) is 5.81. The molecular formula is C21H22N4O2S. The van der Waals surface area contributed by atoms with Crippen LogP contribution in [0.4, 0.5) is 0 Å². The molecule has 2 N–H and O–H groups in total. The number of hydrogen-bond acceptors (Lipinski definition) is 6. The molecule has 0 saturated carbocycles. The van der Waals surface area contributed by atoms with Gasteiger partial charge in [0.15, 0.2) is 0 Å². The Hall–Kier alpha value is -2.64. The van der Waals surface area contributed by atoms with Gasteiger partial charge in [-0.2, -0.15) is 0 Å². The van der Waals surface area contributed by atoms with Crippen molar-refractivity contribution in [3.8, 4) is 21.8 Å². The molecule has 1 aliphatic heterocycles. The van der Waals surface area contributed by atoms with Gasteiger partial charge in [-0.3, -0.25) is 9.78 Å². The lowest BCUT2D eigenvalue weighted by molar-refractivity contribution is -0.0707. The van der Waals surface area contributed by atoms with Gasteiger partial charge < -0.3 is 10.5 Å². The molecule has 0 radical (unpaired) electrons. The number of amides is 1. The predicted octanol–water partition coefficient (Wildman–Crippen LogP) is 4.24.